The van der Waals surface area contributed by atoms with Crippen molar-refractivity contribution in [2.45, 2.75) is 25.4 Å². The summed E-state index contributed by atoms with van der Waals surface area (Å²) < 4.78 is 0. The molecule has 1 fully saturated rings. The summed E-state index contributed by atoms with van der Waals surface area (Å²) in [6.45, 7) is 2.02. The van der Waals surface area contributed by atoms with Crippen LogP contribution in [0.3, 0.4) is 0 Å². The predicted molar refractivity (Wildman–Crippen MR) is 78.1 cm³/mol. The van der Waals surface area contributed by atoms with E-state index in [-0.39, 0.29) is 0 Å². The number of nitrogens with zero attached hydrogens (tertiary/aromatic N) is 1. The molecule has 0 heterocycles. The smallest absolute Gasteiger partial charge is 0.0351 e. The molecule has 0 saturated heterocycles. The molecule has 2 heteroatoms. The van der Waals surface area contributed by atoms with Crippen LogP contribution < -0.4 is 0 Å². The first-order valence-corrected chi connectivity index (χ1v) is 7.18. The van der Waals surface area contributed by atoms with Gasteiger partial charge >= 0.3 is 0 Å². The van der Waals surface area contributed by atoms with Crippen LogP contribution in [0.1, 0.15) is 18.4 Å². The van der Waals surface area contributed by atoms with E-state index < -0.39 is 0 Å². The molecule has 2 aromatic carbocycles. The Balaban J connectivity index is 1.88. The minimum absolute atomic E-state index is 0.723. The zero-order chi connectivity index (χ0) is 12.4. The van der Waals surface area contributed by atoms with Crippen molar-refractivity contribution in [2.75, 3.05) is 12.4 Å². The van der Waals surface area contributed by atoms with Crippen molar-refractivity contribution in [1.29, 1.82) is 0 Å². The lowest BCUT2D eigenvalue weighted by molar-refractivity contribution is 0.272. The number of rotatable bonds is 5. The van der Waals surface area contributed by atoms with E-state index in [0.717, 1.165) is 25.0 Å². The molecule has 0 amide bonds. The molecule has 2 aromatic rings. The fourth-order valence-corrected chi connectivity index (χ4v) is 2.81. The molecule has 0 bridgehead atoms. The molecule has 1 aliphatic rings. The van der Waals surface area contributed by atoms with Crippen LogP contribution in [0.4, 0.5) is 0 Å². The Morgan fingerprint density at radius 1 is 1.06 bits per heavy atom. The van der Waals surface area contributed by atoms with Crippen molar-refractivity contribution in [3.63, 3.8) is 0 Å². The first-order chi connectivity index (χ1) is 8.88. The van der Waals surface area contributed by atoms with Crippen LogP contribution in [0.5, 0.6) is 0 Å². The Kier molecular flexibility index (Phi) is 3.53. The molecule has 18 heavy (non-hydrogen) atoms. The van der Waals surface area contributed by atoms with Crippen molar-refractivity contribution >= 4 is 22.4 Å². The monoisotopic (exact) mass is 259 g/mol. The predicted octanol–water partition coefficient (Wildman–Crippen LogP) is 4.04. The zero-order valence-corrected chi connectivity index (χ0v) is 11.2. The van der Waals surface area contributed by atoms with Crippen molar-refractivity contribution in [3.05, 3.63) is 48.0 Å². The molecular weight excluding hydrogens is 242 g/mol. The lowest BCUT2D eigenvalue weighted by Gasteiger charge is -2.21. The maximum atomic E-state index is 5.91. The van der Waals surface area contributed by atoms with Crippen LogP contribution in [0.2, 0.25) is 0 Å². The first kappa shape index (κ1) is 12.0. The van der Waals surface area contributed by atoms with Gasteiger partial charge in [0.25, 0.3) is 0 Å². The second-order valence-corrected chi connectivity index (χ2v) is 5.41. The van der Waals surface area contributed by atoms with E-state index >= 15 is 0 Å². The average molecular weight is 260 g/mol. The minimum Gasteiger partial charge on any atom is -0.295 e. The molecule has 0 spiro atoms. The molecule has 3 rings (SSSR count). The van der Waals surface area contributed by atoms with Gasteiger partial charge in [0, 0.05) is 25.0 Å². The van der Waals surface area contributed by atoms with Gasteiger partial charge in [0.1, 0.15) is 0 Å². The second kappa shape index (κ2) is 5.29. The first-order valence-electron chi connectivity index (χ1n) is 6.65. The van der Waals surface area contributed by atoms with Crippen molar-refractivity contribution in [2.24, 2.45) is 0 Å². The Morgan fingerprint density at radius 3 is 2.61 bits per heavy atom. The third-order valence-electron chi connectivity index (χ3n) is 3.69. The van der Waals surface area contributed by atoms with Crippen LogP contribution in [-0.2, 0) is 6.54 Å². The summed E-state index contributed by atoms with van der Waals surface area (Å²) in [5, 5.41) is 2.71. The molecule has 1 saturated carbocycles. The van der Waals surface area contributed by atoms with Gasteiger partial charge in [-0.15, -0.1) is 11.6 Å². The normalized spacial score (nSPS) is 15.4. The van der Waals surface area contributed by atoms with Gasteiger partial charge in [-0.3, -0.25) is 4.90 Å². The topological polar surface area (TPSA) is 3.24 Å². The maximum Gasteiger partial charge on any atom is 0.0351 e. The van der Waals surface area contributed by atoms with Gasteiger partial charge in [0.2, 0.25) is 0 Å². The van der Waals surface area contributed by atoms with Crippen molar-refractivity contribution in [3.8, 4) is 0 Å². The van der Waals surface area contributed by atoms with Crippen LogP contribution in [0, 0.1) is 0 Å². The Bertz CT molecular complexity index is 528. The quantitative estimate of drug-likeness (QED) is 0.733. The summed E-state index contributed by atoms with van der Waals surface area (Å²) in [5.41, 5.74) is 1.42. The number of halogens is 1. The van der Waals surface area contributed by atoms with Crippen molar-refractivity contribution in [1.82, 2.24) is 4.90 Å². The molecule has 0 atom stereocenters. The number of hydrogen-bond donors (Lipinski definition) is 0. The molecule has 0 unspecified atom stereocenters. The van der Waals surface area contributed by atoms with Gasteiger partial charge in [-0.2, -0.15) is 0 Å². The summed E-state index contributed by atoms with van der Waals surface area (Å²) in [6, 6.07) is 16.0. The number of fused-ring (bicyclic) bond motifs is 1. The highest BCUT2D eigenvalue weighted by molar-refractivity contribution is 6.18. The molecule has 1 nitrogen and oxygen atoms in total. The average Bonchev–Trinajstić information content (AvgIpc) is 3.23. The third kappa shape index (κ3) is 2.52. The Morgan fingerprint density at radius 2 is 1.83 bits per heavy atom. The summed E-state index contributed by atoms with van der Waals surface area (Å²) in [5.74, 6) is 0.723. The molecule has 94 valence electrons. The highest BCUT2D eigenvalue weighted by Crippen LogP contribution is 2.29. The maximum absolute atomic E-state index is 5.91. The molecule has 0 aliphatic heterocycles. The number of hydrogen-bond acceptors (Lipinski definition) is 1. The third-order valence-corrected chi connectivity index (χ3v) is 3.86. The van der Waals surface area contributed by atoms with E-state index in [1.54, 1.807) is 0 Å². The molecule has 1 aliphatic carbocycles. The second-order valence-electron chi connectivity index (χ2n) is 5.03. The lowest BCUT2D eigenvalue weighted by Crippen LogP contribution is -2.27. The molecule has 0 N–H and O–H groups in total. The fraction of sp³-hybridized carbons (Fsp3) is 0.375. The van der Waals surface area contributed by atoms with E-state index in [2.05, 4.69) is 47.4 Å². The lowest BCUT2D eigenvalue weighted by atomic mass is 10.0. The summed E-state index contributed by atoms with van der Waals surface area (Å²) in [7, 11) is 0. The van der Waals surface area contributed by atoms with Gasteiger partial charge in [0.15, 0.2) is 0 Å². The fourth-order valence-electron chi connectivity index (χ4n) is 2.59. The molecule has 0 radical (unpaired) electrons. The van der Waals surface area contributed by atoms with Crippen LogP contribution in [-0.4, -0.2) is 23.4 Å². The number of alkyl halides is 1. The van der Waals surface area contributed by atoms with Gasteiger partial charge in [-0.05, 0) is 29.2 Å². The molecular formula is C16H18ClN. The summed E-state index contributed by atoms with van der Waals surface area (Å²) in [6.07, 6.45) is 2.67. The highest BCUT2D eigenvalue weighted by Gasteiger charge is 2.28. The molecule has 0 aromatic heterocycles. The zero-order valence-electron chi connectivity index (χ0n) is 10.5. The van der Waals surface area contributed by atoms with E-state index in [4.69, 9.17) is 11.6 Å². The van der Waals surface area contributed by atoms with E-state index in [1.807, 2.05) is 0 Å². The van der Waals surface area contributed by atoms with E-state index in [9.17, 15) is 0 Å². The summed E-state index contributed by atoms with van der Waals surface area (Å²) >= 11 is 5.91. The Labute approximate surface area is 113 Å². The highest BCUT2D eigenvalue weighted by atomic mass is 35.5. The van der Waals surface area contributed by atoms with E-state index in [1.165, 1.54) is 29.2 Å². The van der Waals surface area contributed by atoms with Gasteiger partial charge in [-0.1, -0.05) is 42.5 Å². The van der Waals surface area contributed by atoms with Gasteiger partial charge < -0.3 is 0 Å². The van der Waals surface area contributed by atoms with Crippen molar-refractivity contribution < 1.29 is 0 Å². The SMILES string of the molecule is ClCCN(Cc1cccc2ccccc12)C1CC1. The Hall–Kier alpha value is -1.05. The largest absolute Gasteiger partial charge is 0.295 e. The standard InChI is InChI=1S/C16H18ClN/c17-10-11-18(15-8-9-15)12-14-6-3-5-13-4-1-2-7-16(13)14/h1-7,15H,8-12H2. The number of benzene rings is 2. The van der Waals surface area contributed by atoms with Gasteiger partial charge in [-0.25, -0.2) is 0 Å². The van der Waals surface area contributed by atoms with E-state index in [0.29, 0.717) is 0 Å². The van der Waals surface area contributed by atoms with Crippen LogP contribution >= 0.6 is 11.6 Å². The minimum atomic E-state index is 0.723. The van der Waals surface area contributed by atoms with Gasteiger partial charge in [0.05, 0.1) is 0 Å². The van der Waals surface area contributed by atoms with Crippen LogP contribution in [0.25, 0.3) is 10.8 Å². The van der Waals surface area contributed by atoms with Crippen LogP contribution in [0.15, 0.2) is 42.5 Å². The summed E-state index contributed by atoms with van der Waals surface area (Å²) in [4.78, 5) is 2.52.